The van der Waals surface area contributed by atoms with Gasteiger partial charge in [-0.05, 0) is 25.7 Å². The summed E-state index contributed by atoms with van der Waals surface area (Å²) in [7, 11) is 0. The lowest BCUT2D eigenvalue weighted by Crippen LogP contribution is -2.01. The van der Waals surface area contributed by atoms with E-state index in [1.54, 1.807) is 6.20 Å². The molecule has 16 heavy (non-hydrogen) atoms. The highest BCUT2D eigenvalue weighted by Gasteiger charge is 2.15. The molecule has 88 valence electrons. The summed E-state index contributed by atoms with van der Waals surface area (Å²) in [6.07, 6.45) is 9.26. The van der Waals surface area contributed by atoms with Gasteiger partial charge in [0.2, 0.25) is 0 Å². The monoisotopic (exact) mass is 237 g/mol. The molecule has 1 heterocycles. The van der Waals surface area contributed by atoms with E-state index >= 15 is 0 Å². The zero-order valence-electron chi connectivity index (χ0n) is 9.78. The van der Waals surface area contributed by atoms with Gasteiger partial charge in [0.15, 0.2) is 0 Å². The second kappa shape index (κ2) is 6.09. The Bertz CT molecular complexity index is 324. The van der Waals surface area contributed by atoms with E-state index in [1.807, 2.05) is 18.0 Å². The summed E-state index contributed by atoms with van der Waals surface area (Å²) in [5.41, 5.74) is 0. The third-order valence-corrected chi connectivity index (χ3v) is 4.04. The van der Waals surface area contributed by atoms with Crippen molar-refractivity contribution in [3.8, 4) is 0 Å². The number of nitrogens with zero attached hydrogens (tertiary/aromatic N) is 2. The molecule has 1 saturated carbocycles. The van der Waals surface area contributed by atoms with Crippen molar-refractivity contribution in [1.82, 2.24) is 9.97 Å². The Balaban J connectivity index is 1.85. The normalized spacial score (nSPS) is 16.6. The second-order valence-corrected chi connectivity index (χ2v) is 5.27. The third kappa shape index (κ3) is 3.37. The number of hydrogen-bond donors (Lipinski definition) is 1. The lowest BCUT2D eigenvalue weighted by Gasteiger charge is -2.08. The third-order valence-electron chi connectivity index (χ3n) is 2.91. The van der Waals surface area contributed by atoms with Crippen LogP contribution in [0.4, 0.5) is 5.82 Å². The van der Waals surface area contributed by atoms with Crippen molar-refractivity contribution in [2.45, 2.75) is 37.6 Å². The SMILES string of the molecule is CCNc1cncc(SCC2CCCC2)n1. The van der Waals surface area contributed by atoms with E-state index in [0.29, 0.717) is 0 Å². The highest BCUT2D eigenvalue weighted by Crippen LogP contribution is 2.30. The molecule has 0 bridgehead atoms. The van der Waals surface area contributed by atoms with Crippen LogP contribution in [0.2, 0.25) is 0 Å². The largest absolute Gasteiger partial charge is 0.369 e. The molecule has 0 amide bonds. The first-order valence-corrected chi connectivity index (χ1v) is 7.05. The summed E-state index contributed by atoms with van der Waals surface area (Å²) in [5, 5.41) is 4.24. The molecule has 4 heteroatoms. The van der Waals surface area contributed by atoms with Gasteiger partial charge in [-0.1, -0.05) is 12.8 Å². The van der Waals surface area contributed by atoms with Crippen molar-refractivity contribution in [2.75, 3.05) is 17.6 Å². The topological polar surface area (TPSA) is 37.8 Å². The van der Waals surface area contributed by atoms with E-state index in [4.69, 9.17) is 0 Å². The van der Waals surface area contributed by atoms with Crippen molar-refractivity contribution < 1.29 is 0 Å². The smallest absolute Gasteiger partial charge is 0.145 e. The second-order valence-electron chi connectivity index (χ2n) is 4.23. The van der Waals surface area contributed by atoms with Gasteiger partial charge in [0.05, 0.1) is 12.4 Å². The molecule has 0 unspecified atom stereocenters. The van der Waals surface area contributed by atoms with Gasteiger partial charge in [-0.25, -0.2) is 4.98 Å². The van der Waals surface area contributed by atoms with Crippen LogP contribution in [-0.2, 0) is 0 Å². The van der Waals surface area contributed by atoms with Crippen LogP contribution in [0.3, 0.4) is 0 Å². The maximum absolute atomic E-state index is 4.51. The van der Waals surface area contributed by atoms with Crippen LogP contribution in [0.15, 0.2) is 17.4 Å². The van der Waals surface area contributed by atoms with E-state index in [0.717, 1.165) is 23.3 Å². The van der Waals surface area contributed by atoms with Gasteiger partial charge in [0.1, 0.15) is 10.8 Å². The van der Waals surface area contributed by atoms with Crippen molar-refractivity contribution in [3.63, 3.8) is 0 Å². The number of hydrogen-bond acceptors (Lipinski definition) is 4. The van der Waals surface area contributed by atoms with Gasteiger partial charge in [0.25, 0.3) is 0 Å². The Hall–Kier alpha value is -0.770. The highest BCUT2D eigenvalue weighted by molar-refractivity contribution is 7.99. The molecule has 1 N–H and O–H groups in total. The minimum atomic E-state index is 0.888. The predicted octanol–water partition coefficient (Wildman–Crippen LogP) is 3.19. The predicted molar refractivity (Wildman–Crippen MR) is 68.9 cm³/mol. The van der Waals surface area contributed by atoms with Crippen LogP contribution >= 0.6 is 11.8 Å². The summed E-state index contributed by atoms with van der Waals surface area (Å²) >= 11 is 1.84. The molecule has 1 aliphatic rings. The molecule has 0 spiro atoms. The number of nitrogens with one attached hydrogen (secondary N) is 1. The molecule has 1 fully saturated rings. The maximum Gasteiger partial charge on any atom is 0.145 e. The molecule has 1 aliphatic carbocycles. The first-order valence-electron chi connectivity index (χ1n) is 6.07. The van der Waals surface area contributed by atoms with Crippen molar-refractivity contribution in [3.05, 3.63) is 12.4 Å². The van der Waals surface area contributed by atoms with Crippen molar-refractivity contribution >= 4 is 17.6 Å². The number of thioether (sulfide) groups is 1. The van der Waals surface area contributed by atoms with Gasteiger partial charge in [-0.2, -0.15) is 0 Å². The lowest BCUT2D eigenvalue weighted by atomic mass is 10.1. The van der Waals surface area contributed by atoms with Crippen LogP contribution in [0.25, 0.3) is 0 Å². The van der Waals surface area contributed by atoms with Crippen LogP contribution in [0.5, 0.6) is 0 Å². The Morgan fingerprint density at radius 2 is 2.19 bits per heavy atom. The minimum absolute atomic E-state index is 0.888. The van der Waals surface area contributed by atoms with Crippen molar-refractivity contribution in [2.24, 2.45) is 5.92 Å². The van der Waals surface area contributed by atoms with Crippen LogP contribution < -0.4 is 5.32 Å². The fourth-order valence-electron chi connectivity index (χ4n) is 2.06. The lowest BCUT2D eigenvalue weighted by molar-refractivity contribution is 0.623. The van der Waals surface area contributed by atoms with Gasteiger partial charge >= 0.3 is 0 Å². The van der Waals surface area contributed by atoms with Gasteiger partial charge in [-0.15, -0.1) is 11.8 Å². The molecule has 0 aromatic carbocycles. The molecular weight excluding hydrogens is 218 g/mol. The zero-order chi connectivity index (χ0) is 11.2. The maximum atomic E-state index is 4.51. The van der Waals surface area contributed by atoms with Crippen LogP contribution in [0, 0.1) is 5.92 Å². The summed E-state index contributed by atoms with van der Waals surface area (Å²) in [4.78, 5) is 8.72. The molecule has 0 saturated heterocycles. The number of aromatic nitrogens is 2. The minimum Gasteiger partial charge on any atom is -0.369 e. The van der Waals surface area contributed by atoms with Gasteiger partial charge in [0, 0.05) is 12.3 Å². The van der Waals surface area contributed by atoms with E-state index in [9.17, 15) is 0 Å². The first-order chi connectivity index (χ1) is 7.88. The van der Waals surface area contributed by atoms with Crippen molar-refractivity contribution in [1.29, 1.82) is 0 Å². The Morgan fingerprint density at radius 1 is 1.38 bits per heavy atom. The Morgan fingerprint density at radius 3 is 2.94 bits per heavy atom. The van der Waals surface area contributed by atoms with Crippen LogP contribution in [0.1, 0.15) is 32.6 Å². The fourth-order valence-corrected chi connectivity index (χ4v) is 3.10. The van der Waals surface area contributed by atoms with Gasteiger partial charge in [-0.3, -0.25) is 4.98 Å². The molecule has 0 aliphatic heterocycles. The quantitative estimate of drug-likeness (QED) is 0.798. The summed E-state index contributed by atoms with van der Waals surface area (Å²) in [6, 6.07) is 0. The van der Waals surface area contributed by atoms with E-state index in [2.05, 4.69) is 22.2 Å². The van der Waals surface area contributed by atoms with E-state index < -0.39 is 0 Å². The molecule has 0 radical (unpaired) electrons. The average molecular weight is 237 g/mol. The molecular formula is C12H19N3S. The average Bonchev–Trinajstić information content (AvgIpc) is 2.80. The molecule has 1 aromatic rings. The molecule has 3 nitrogen and oxygen atoms in total. The highest BCUT2D eigenvalue weighted by atomic mass is 32.2. The number of anilines is 1. The standard InChI is InChI=1S/C12H19N3S/c1-2-14-11-7-13-8-12(15-11)16-9-10-5-3-4-6-10/h7-8,10H,2-6,9H2,1H3,(H,14,15). The number of rotatable bonds is 5. The van der Waals surface area contributed by atoms with Crippen LogP contribution in [-0.4, -0.2) is 22.3 Å². The van der Waals surface area contributed by atoms with E-state index in [-0.39, 0.29) is 0 Å². The Kier molecular flexibility index (Phi) is 4.45. The Labute approximate surface area is 101 Å². The summed E-state index contributed by atoms with van der Waals surface area (Å²) in [5.74, 6) is 2.98. The summed E-state index contributed by atoms with van der Waals surface area (Å²) < 4.78 is 0. The van der Waals surface area contributed by atoms with E-state index in [1.165, 1.54) is 31.4 Å². The molecule has 0 atom stereocenters. The zero-order valence-corrected chi connectivity index (χ0v) is 10.6. The van der Waals surface area contributed by atoms with Gasteiger partial charge < -0.3 is 5.32 Å². The molecule has 2 rings (SSSR count). The molecule has 1 aromatic heterocycles. The summed E-state index contributed by atoms with van der Waals surface area (Å²) in [6.45, 7) is 2.96. The fraction of sp³-hybridized carbons (Fsp3) is 0.667. The first kappa shape index (κ1) is 11.7.